The van der Waals surface area contributed by atoms with Crippen molar-refractivity contribution >= 4 is 0 Å². The number of halogens is 3. The van der Waals surface area contributed by atoms with Gasteiger partial charge < -0.3 is 10.0 Å². The van der Waals surface area contributed by atoms with Crippen molar-refractivity contribution in [3.05, 3.63) is 12.2 Å². The summed E-state index contributed by atoms with van der Waals surface area (Å²) in [4.78, 5) is 6.35. The number of alkyl halides is 3. The fraction of sp³-hybridized carbons (Fsp3) is 0.846. The van der Waals surface area contributed by atoms with Crippen molar-refractivity contribution in [2.45, 2.75) is 44.0 Å². The molecule has 3 heterocycles. The molecule has 0 spiro atoms. The summed E-state index contributed by atoms with van der Waals surface area (Å²) in [7, 11) is 0. The molecule has 2 unspecified atom stereocenters. The zero-order valence-electron chi connectivity index (χ0n) is 11.6. The topological polar surface area (TPSA) is 54.2 Å². The molecule has 0 saturated carbocycles. The van der Waals surface area contributed by atoms with Crippen LogP contribution in [-0.4, -0.2) is 56.7 Å². The molecule has 1 aromatic rings. The summed E-state index contributed by atoms with van der Waals surface area (Å²) in [6.07, 6.45) is -2.47. The third-order valence-corrected chi connectivity index (χ3v) is 4.58. The van der Waals surface area contributed by atoms with E-state index in [-0.39, 0.29) is 6.04 Å². The lowest BCUT2D eigenvalue weighted by Crippen LogP contribution is -2.44. The fourth-order valence-corrected chi connectivity index (χ4v) is 3.36. The van der Waals surface area contributed by atoms with Gasteiger partial charge in [0.2, 0.25) is 0 Å². The summed E-state index contributed by atoms with van der Waals surface area (Å²) in [6.45, 7) is 1.99. The SMILES string of the molecule is OC(C1CCN(CC2CCc3ncnn32)CC1)C(F)(F)F. The summed E-state index contributed by atoms with van der Waals surface area (Å²) in [6, 6.07) is 0.270. The molecule has 1 aromatic heterocycles. The standard InChI is InChI=1S/C13H19F3N4O/c14-13(15,16)12(21)9-3-5-19(6-4-9)7-10-1-2-11-17-8-18-20(10)11/h8-10,12,21H,1-7H2. The lowest BCUT2D eigenvalue weighted by atomic mass is 9.90. The first kappa shape index (κ1) is 14.8. The highest BCUT2D eigenvalue weighted by molar-refractivity contribution is 4.96. The van der Waals surface area contributed by atoms with E-state index in [1.807, 2.05) is 4.68 Å². The summed E-state index contributed by atoms with van der Waals surface area (Å²) >= 11 is 0. The van der Waals surface area contributed by atoms with Crippen LogP contribution in [-0.2, 0) is 6.42 Å². The van der Waals surface area contributed by atoms with Gasteiger partial charge in [-0.15, -0.1) is 0 Å². The van der Waals surface area contributed by atoms with E-state index in [1.54, 1.807) is 6.33 Å². The molecule has 3 rings (SSSR count). The molecular weight excluding hydrogens is 285 g/mol. The van der Waals surface area contributed by atoms with Gasteiger partial charge in [-0.1, -0.05) is 0 Å². The molecule has 0 amide bonds. The normalized spacial score (nSPS) is 26.0. The second-order valence-corrected chi connectivity index (χ2v) is 5.94. The monoisotopic (exact) mass is 304 g/mol. The summed E-state index contributed by atoms with van der Waals surface area (Å²) in [5, 5.41) is 13.5. The second-order valence-electron chi connectivity index (χ2n) is 5.94. The third-order valence-electron chi connectivity index (χ3n) is 4.58. The Morgan fingerprint density at radius 2 is 2.00 bits per heavy atom. The van der Waals surface area contributed by atoms with Gasteiger partial charge in [-0.05, 0) is 38.3 Å². The Morgan fingerprint density at radius 3 is 2.67 bits per heavy atom. The molecule has 0 aliphatic carbocycles. The van der Waals surface area contributed by atoms with Crippen LogP contribution in [0.4, 0.5) is 13.2 Å². The predicted octanol–water partition coefficient (Wildman–Crippen LogP) is 1.40. The smallest absolute Gasteiger partial charge is 0.383 e. The van der Waals surface area contributed by atoms with Gasteiger partial charge in [-0.25, -0.2) is 9.67 Å². The fourth-order valence-electron chi connectivity index (χ4n) is 3.36. The highest BCUT2D eigenvalue weighted by Gasteiger charge is 2.44. The molecule has 0 radical (unpaired) electrons. The quantitative estimate of drug-likeness (QED) is 0.917. The number of hydrogen-bond acceptors (Lipinski definition) is 4. The highest BCUT2D eigenvalue weighted by Crippen LogP contribution is 2.32. The predicted molar refractivity (Wildman–Crippen MR) is 68.6 cm³/mol. The van der Waals surface area contributed by atoms with E-state index in [2.05, 4.69) is 15.0 Å². The molecule has 1 N–H and O–H groups in total. The van der Waals surface area contributed by atoms with E-state index in [1.165, 1.54) is 0 Å². The van der Waals surface area contributed by atoms with Crippen LogP contribution in [0.5, 0.6) is 0 Å². The molecule has 118 valence electrons. The Hall–Kier alpha value is -1.15. The average Bonchev–Trinajstić information content (AvgIpc) is 3.03. The number of fused-ring (bicyclic) bond motifs is 1. The van der Waals surface area contributed by atoms with E-state index < -0.39 is 18.2 Å². The van der Waals surface area contributed by atoms with Gasteiger partial charge in [0.25, 0.3) is 0 Å². The Labute approximate surface area is 120 Å². The largest absolute Gasteiger partial charge is 0.414 e. The lowest BCUT2D eigenvalue weighted by Gasteiger charge is -2.35. The number of nitrogens with zero attached hydrogens (tertiary/aromatic N) is 4. The maximum Gasteiger partial charge on any atom is 0.414 e. The van der Waals surface area contributed by atoms with Gasteiger partial charge in [0, 0.05) is 13.0 Å². The van der Waals surface area contributed by atoms with E-state index in [0.29, 0.717) is 25.9 Å². The number of aliphatic hydroxyl groups excluding tert-OH is 1. The van der Waals surface area contributed by atoms with Gasteiger partial charge in [-0.3, -0.25) is 0 Å². The summed E-state index contributed by atoms with van der Waals surface area (Å²) < 4.78 is 39.4. The van der Waals surface area contributed by atoms with Gasteiger partial charge in [-0.2, -0.15) is 18.3 Å². The first-order chi connectivity index (χ1) is 9.95. The Bertz CT molecular complexity index is 482. The minimum atomic E-state index is -4.51. The number of likely N-dealkylation sites (tertiary alicyclic amines) is 1. The average molecular weight is 304 g/mol. The highest BCUT2D eigenvalue weighted by atomic mass is 19.4. The van der Waals surface area contributed by atoms with Crippen molar-refractivity contribution in [2.75, 3.05) is 19.6 Å². The summed E-state index contributed by atoms with van der Waals surface area (Å²) in [5.41, 5.74) is 0. The molecule has 5 nitrogen and oxygen atoms in total. The van der Waals surface area contributed by atoms with Gasteiger partial charge >= 0.3 is 6.18 Å². The molecule has 2 aliphatic rings. The number of aryl methyl sites for hydroxylation is 1. The summed E-state index contributed by atoms with van der Waals surface area (Å²) in [5.74, 6) is 0.314. The number of hydrogen-bond donors (Lipinski definition) is 1. The van der Waals surface area contributed by atoms with Crippen LogP contribution in [0.15, 0.2) is 6.33 Å². The number of piperidine rings is 1. The van der Waals surface area contributed by atoms with Crippen molar-refractivity contribution < 1.29 is 18.3 Å². The van der Waals surface area contributed by atoms with Crippen LogP contribution in [0.3, 0.4) is 0 Å². The Kier molecular flexibility index (Phi) is 3.92. The zero-order chi connectivity index (χ0) is 15.0. The van der Waals surface area contributed by atoms with Crippen LogP contribution >= 0.6 is 0 Å². The molecule has 21 heavy (non-hydrogen) atoms. The molecule has 1 saturated heterocycles. The van der Waals surface area contributed by atoms with E-state index in [4.69, 9.17) is 0 Å². The van der Waals surface area contributed by atoms with E-state index >= 15 is 0 Å². The first-order valence-corrected chi connectivity index (χ1v) is 7.30. The molecule has 2 aliphatic heterocycles. The van der Waals surface area contributed by atoms with Crippen molar-refractivity contribution in [1.82, 2.24) is 19.7 Å². The minimum Gasteiger partial charge on any atom is -0.383 e. The molecule has 1 fully saturated rings. The molecule has 2 atom stereocenters. The zero-order valence-corrected chi connectivity index (χ0v) is 11.6. The second kappa shape index (κ2) is 5.57. The van der Waals surface area contributed by atoms with Crippen molar-refractivity contribution in [2.24, 2.45) is 5.92 Å². The first-order valence-electron chi connectivity index (χ1n) is 7.30. The number of aromatic nitrogens is 3. The van der Waals surface area contributed by atoms with Crippen molar-refractivity contribution in [3.8, 4) is 0 Å². The Balaban J connectivity index is 1.51. The van der Waals surface area contributed by atoms with E-state index in [0.717, 1.165) is 25.2 Å². The van der Waals surface area contributed by atoms with Gasteiger partial charge in [0.1, 0.15) is 12.2 Å². The Morgan fingerprint density at radius 1 is 1.29 bits per heavy atom. The van der Waals surface area contributed by atoms with Crippen LogP contribution < -0.4 is 0 Å². The maximum atomic E-state index is 12.5. The van der Waals surface area contributed by atoms with Crippen LogP contribution in [0.1, 0.15) is 31.1 Å². The lowest BCUT2D eigenvalue weighted by molar-refractivity contribution is -0.223. The maximum absolute atomic E-state index is 12.5. The van der Waals surface area contributed by atoms with Gasteiger partial charge in [0.15, 0.2) is 6.10 Å². The number of rotatable bonds is 3. The van der Waals surface area contributed by atoms with Crippen LogP contribution in [0, 0.1) is 5.92 Å². The van der Waals surface area contributed by atoms with Crippen LogP contribution in [0.2, 0.25) is 0 Å². The molecular formula is C13H19F3N4O. The van der Waals surface area contributed by atoms with Crippen molar-refractivity contribution in [1.29, 1.82) is 0 Å². The van der Waals surface area contributed by atoms with Crippen LogP contribution in [0.25, 0.3) is 0 Å². The molecule has 8 heteroatoms. The molecule has 0 aromatic carbocycles. The molecule has 0 bridgehead atoms. The minimum absolute atomic E-state index is 0.270. The number of aliphatic hydroxyl groups is 1. The van der Waals surface area contributed by atoms with Crippen molar-refractivity contribution in [3.63, 3.8) is 0 Å². The van der Waals surface area contributed by atoms with E-state index in [9.17, 15) is 18.3 Å². The third kappa shape index (κ3) is 3.06. The van der Waals surface area contributed by atoms with Gasteiger partial charge in [0.05, 0.1) is 6.04 Å².